The quantitative estimate of drug-likeness (QED) is 0.878. The van der Waals surface area contributed by atoms with E-state index >= 15 is 0 Å². The summed E-state index contributed by atoms with van der Waals surface area (Å²) in [7, 11) is 0. The SMILES string of the molecule is CCC(CC)C(=O)Nc1ccc(N2CCCCC2)cc1. The molecule has 0 saturated carbocycles. The molecule has 0 aromatic heterocycles. The maximum atomic E-state index is 12.0. The molecule has 3 heteroatoms. The van der Waals surface area contributed by atoms with Crippen molar-refractivity contribution in [1.29, 1.82) is 0 Å². The Morgan fingerprint density at radius 3 is 2.25 bits per heavy atom. The van der Waals surface area contributed by atoms with Gasteiger partial charge in [-0.05, 0) is 56.4 Å². The van der Waals surface area contributed by atoms with E-state index in [-0.39, 0.29) is 11.8 Å². The molecular weight excluding hydrogens is 248 g/mol. The second-order valence-electron chi connectivity index (χ2n) is 5.60. The van der Waals surface area contributed by atoms with Crippen molar-refractivity contribution < 1.29 is 4.79 Å². The molecule has 1 fully saturated rings. The number of benzene rings is 1. The number of piperidine rings is 1. The van der Waals surface area contributed by atoms with E-state index in [9.17, 15) is 4.79 Å². The van der Waals surface area contributed by atoms with Crippen LogP contribution in [0.5, 0.6) is 0 Å². The third-order valence-electron chi connectivity index (χ3n) is 4.21. The largest absolute Gasteiger partial charge is 0.372 e. The van der Waals surface area contributed by atoms with Crippen LogP contribution < -0.4 is 10.2 Å². The van der Waals surface area contributed by atoms with Gasteiger partial charge in [0.1, 0.15) is 0 Å². The van der Waals surface area contributed by atoms with E-state index in [1.807, 2.05) is 12.1 Å². The first kappa shape index (κ1) is 14.9. The Hall–Kier alpha value is -1.51. The summed E-state index contributed by atoms with van der Waals surface area (Å²) in [5.74, 6) is 0.262. The Labute approximate surface area is 122 Å². The molecule has 0 bridgehead atoms. The molecule has 3 nitrogen and oxygen atoms in total. The van der Waals surface area contributed by atoms with E-state index in [0.29, 0.717) is 0 Å². The van der Waals surface area contributed by atoms with Gasteiger partial charge in [0, 0.05) is 30.4 Å². The maximum absolute atomic E-state index is 12.0. The lowest BCUT2D eigenvalue weighted by atomic mass is 10.0. The lowest BCUT2D eigenvalue weighted by molar-refractivity contribution is -0.120. The Bertz CT molecular complexity index is 417. The first-order valence-corrected chi connectivity index (χ1v) is 7.90. The van der Waals surface area contributed by atoms with Gasteiger partial charge in [-0.1, -0.05) is 13.8 Å². The molecule has 0 unspecified atom stereocenters. The van der Waals surface area contributed by atoms with E-state index < -0.39 is 0 Å². The highest BCUT2D eigenvalue weighted by atomic mass is 16.1. The molecule has 1 N–H and O–H groups in total. The van der Waals surface area contributed by atoms with Gasteiger partial charge in [0.15, 0.2) is 0 Å². The highest BCUT2D eigenvalue weighted by Gasteiger charge is 2.14. The van der Waals surface area contributed by atoms with Crippen LogP contribution in [0.3, 0.4) is 0 Å². The number of rotatable bonds is 5. The van der Waals surface area contributed by atoms with Gasteiger partial charge >= 0.3 is 0 Å². The molecule has 1 amide bonds. The second kappa shape index (κ2) is 7.32. The van der Waals surface area contributed by atoms with Crippen molar-refractivity contribution in [3.63, 3.8) is 0 Å². The number of carbonyl (C=O) groups is 1. The molecule has 1 aliphatic rings. The van der Waals surface area contributed by atoms with Crippen LogP contribution in [0.2, 0.25) is 0 Å². The number of hydrogen-bond acceptors (Lipinski definition) is 2. The van der Waals surface area contributed by atoms with Crippen molar-refractivity contribution in [2.45, 2.75) is 46.0 Å². The fourth-order valence-electron chi connectivity index (χ4n) is 2.81. The van der Waals surface area contributed by atoms with Crippen LogP contribution in [0.1, 0.15) is 46.0 Å². The zero-order valence-electron chi connectivity index (χ0n) is 12.7. The van der Waals surface area contributed by atoms with Gasteiger partial charge in [-0.15, -0.1) is 0 Å². The first-order chi connectivity index (χ1) is 9.74. The molecule has 20 heavy (non-hydrogen) atoms. The number of amides is 1. The van der Waals surface area contributed by atoms with Gasteiger partial charge in [0.25, 0.3) is 0 Å². The fraction of sp³-hybridized carbons (Fsp3) is 0.588. The van der Waals surface area contributed by atoms with Crippen molar-refractivity contribution in [2.75, 3.05) is 23.3 Å². The van der Waals surface area contributed by atoms with Gasteiger partial charge < -0.3 is 10.2 Å². The third kappa shape index (κ3) is 3.75. The molecule has 1 aromatic carbocycles. The Morgan fingerprint density at radius 2 is 1.70 bits per heavy atom. The minimum atomic E-state index is 0.122. The van der Waals surface area contributed by atoms with Crippen LogP contribution in [-0.2, 0) is 4.79 Å². The van der Waals surface area contributed by atoms with Crippen LogP contribution >= 0.6 is 0 Å². The fourth-order valence-corrected chi connectivity index (χ4v) is 2.81. The topological polar surface area (TPSA) is 32.3 Å². The number of hydrogen-bond donors (Lipinski definition) is 1. The van der Waals surface area contributed by atoms with Crippen LogP contribution in [0, 0.1) is 5.92 Å². The minimum absolute atomic E-state index is 0.122. The molecule has 1 aliphatic heterocycles. The maximum Gasteiger partial charge on any atom is 0.227 e. The number of nitrogens with one attached hydrogen (secondary N) is 1. The second-order valence-corrected chi connectivity index (χ2v) is 5.60. The Morgan fingerprint density at radius 1 is 1.10 bits per heavy atom. The number of carbonyl (C=O) groups excluding carboxylic acids is 1. The van der Waals surface area contributed by atoms with Crippen LogP contribution in [0.15, 0.2) is 24.3 Å². The predicted molar refractivity (Wildman–Crippen MR) is 85.2 cm³/mol. The lowest BCUT2D eigenvalue weighted by Gasteiger charge is -2.28. The van der Waals surface area contributed by atoms with E-state index in [4.69, 9.17) is 0 Å². The monoisotopic (exact) mass is 274 g/mol. The van der Waals surface area contributed by atoms with E-state index in [0.717, 1.165) is 31.6 Å². The van der Waals surface area contributed by atoms with Crippen molar-refractivity contribution in [3.8, 4) is 0 Å². The average molecular weight is 274 g/mol. The van der Waals surface area contributed by atoms with Crippen LogP contribution in [0.4, 0.5) is 11.4 Å². The number of nitrogens with zero attached hydrogens (tertiary/aromatic N) is 1. The summed E-state index contributed by atoms with van der Waals surface area (Å²) >= 11 is 0. The molecule has 0 aliphatic carbocycles. The predicted octanol–water partition coefficient (Wildman–Crippen LogP) is 4.05. The smallest absolute Gasteiger partial charge is 0.227 e. The van der Waals surface area contributed by atoms with E-state index in [1.165, 1.54) is 24.9 Å². The van der Waals surface area contributed by atoms with Crippen molar-refractivity contribution in [2.24, 2.45) is 5.92 Å². The highest BCUT2D eigenvalue weighted by molar-refractivity contribution is 5.92. The molecule has 1 heterocycles. The molecule has 1 saturated heterocycles. The van der Waals surface area contributed by atoms with Crippen molar-refractivity contribution in [3.05, 3.63) is 24.3 Å². The summed E-state index contributed by atoms with van der Waals surface area (Å²) in [6, 6.07) is 8.27. The molecule has 1 aromatic rings. The van der Waals surface area contributed by atoms with Gasteiger partial charge in [0.05, 0.1) is 0 Å². The molecule has 0 spiro atoms. The molecular formula is C17H26N2O. The molecule has 2 rings (SSSR count). The molecule has 110 valence electrons. The lowest BCUT2D eigenvalue weighted by Crippen LogP contribution is -2.29. The van der Waals surface area contributed by atoms with Gasteiger partial charge in [0.2, 0.25) is 5.91 Å². The van der Waals surface area contributed by atoms with Gasteiger partial charge in [-0.2, -0.15) is 0 Å². The highest BCUT2D eigenvalue weighted by Crippen LogP contribution is 2.22. The number of anilines is 2. The Kier molecular flexibility index (Phi) is 5.45. The standard InChI is InChI=1S/C17H26N2O/c1-3-14(4-2)17(20)18-15-8-10-16(11-9-15)19-12-6-5-7-13-19/h8-11,14H,3-7,12-13H2,1-2H3,(H,18,20). The van der Waals surface area contributed by atoms with Crippen LogP contribution in [-0.4, -0.2) is 19.0 Å². The first-order valence-electron chi connectivity index (χ1n) is 7.90. The summed E-state index contributed by atoms with van der Waals surface area (Å²) in [6.07, 6.45) is 5.71. The summed E-state index contributed by atoms with van der Waals surface area (Å²) in [5, 5.41) is 3.02. The zero-order chi connectivity index (χ0) is 14.4. The molecule has 0 radical (unpaired) electrons. The normalized spacial score (nSPS) is 15.4. The third-order valence-corrected chi connectivity index (χ3v) is 4.21. The van der Waals surface area contributed by atoms with E-state index in [2.05, 4.69) is 36.2 Å². The summed E-state index contributed by atoms with van der Waals surface area (Å²) in [6.45, 7) is 6.43. The summed E-state index contributed by atoms with van der Waals surface area (Å²) in [5.41, 5.74) is 2.17. The van der Waals surface area contributed by atoms with Crippen molar-refractivity contribution in [1.82, 2.24) is 0 Å². The van der Waals surface area contributed by atoms with E-state index in [1.54, 1.807) is 0 Å². The summed E-state index contributed by atoms with van der Waals surface area (Å²) < 4.78 is 0. The van der Waals surface area contributed by atoms with Gasteiger partial charge in [-0.25, -0.2) is 0 Å². The van der Waals surface area contributed by atoms with Crippen molar-refractivity contribution >= 4 is 17.3 Å². The van der Waals surface area contributed by atoms with Crippen LogP contribution in [0.25, 0.3) is 0 Å². The molecule has 0 atom stereocenters. The summed E-state index contributed by atoms with van der Waals surface area (Å²) in [4.78, 5) is 14.5. The Balaban J connectivity index is 1.95. The average Bonchev–Trinajstić information content (AvgIpc) is 2.50. The van der Waals surface area contributed by atoms with Gasteiger partial charge in [-0.3, -0.25) is 4.79 Å². The zero-order valence-corrected chi connectivity index (χ0v) is 12.7. The minimum Gasteiger partial charge on any atom is -0.372 e.